The Morgan fingerprint density at radius 3 is 2.54 bits per heavy atom. The van der Waals surface area contributed by atoms with E-state index < -0.39 is 0 Å². The summed E-state index contributed by atoms with van der Waals surface area (Å²) in [5.41, 5.74) is 3.55. The van der Waals surface area contributed by atoms with E-state index in [1.807, 2.05) is 25.1 Å². The van der Waals surface area contributed by atoms with Crippen molar-refractivity contribution in [1.82, 2.24) is 19.2 Å². The minimum atomic E-state index is -0.287. The fourth-order valence-electron chi connectivity index (χ4n) is 4.12. The number of pyridine rings is 1. The minimum absolute atomic E-state index is 0.202. The molecule has 0 spiro atoms. The second-order valence-corrected chi connectivity index (χ2v) is 8.88. The van der Waals surface area contributed by atoms with E-state index in [4.69, 9.17) is 21.1 Å². The van der Waals surface area contributed by atoms with E-state index in [0.717, 1.165) is 11.4 Å². The number of Topliss-reactive ketones (excluding diaryl/α,β-unsaturated/α-hetero) is 1. The summed E-state index contributed by atoms with van der Waals surface area (Å²) in [5.74, 6) is 0.785. The third-order valence-corrected chi connectivity index (χ3v) is 6.20. The molecule has 0 atom stereocenters. The average Bonchev–Trinajstić information content (AvgIpc) is 3.28. The van der Waals surface area contributed by atoms with Crippen molar-refractivity contribution in [1.29, 1.82) is 0 Å². The Morgan fingerprint density at radius 2 is 1.81 bits per heavy atom. The highest BCUT2D eigenvalue weighted by Crippen LogP contribution is 2.25. The van der Waals surface area contributed by atoms with Crippen LogP contribution in [-0.2, 0) is 0 Å². The molecule has 8 nitrogen and oxygen atoms in total. The fraction of sp³-hybridized carbons (Fsp3) is 0.143. The number of aryl methyl sites for hydroxylation is 2. The second-order valence-electron chi connectivity index (χ2n) is 8.45. The van der Waals surface area contributed by atoms with E-state index in [1.165, 1.54) is 4.40 Å². The average molecular weight is 515 g/mol. The van der Waals surface area contributed by atoms with Crippen molar-refractivity contribution < 1.29 is 14.3 Å². The highest BCUT2D eigenvalue weighted by atomic mass is 35.5. The maximum Gasteiger partial charge on any atom is 0.267 e. The van der Waals surface area contributed by atoms with Crippen molar-refractivity contribution in [3.63, 3.8) is 0 Å². The molecule has 0 aliphatic heterocycles. The van der Waals surface area contributed by atoms with E-state index in [2.05, 4.69) is 10.1 Å². The molecular weight excluding hydrogens is 492 g/mol. The van der Waals surface area contributed by atoms with Crippen molar-refractivity contribution >= 4 is 23.0 Å². The molecule has 5 rings (SSSR count). The Hall–Kier alpha value is -4.43. The fourth-order valence-corrected chi connectivity index (χ4v) is 4.30. The quantitative estimate of drug-likeness (QED) is 0.281. The van der Waals surface area contributed by atoms with Crippen LogP contribution in [0.5, 0.6) is 11.5 Å². The Kier molecular flexibility index (Phi) is 6.50. The standard InChI is InChI=1S/C28H23ClN4O4/c1-17-14-23(31-33(17)21-7-4-6-20(29)15-21)26-18(2)30-27-25(8-5-13-32(27)28(26)35)37-16-24(34)19-9-11-22(36-3)12-10-19/h4-15H,16H2,1-3H3. The van der Waals surface area contributed by atoms with Gasteiger partial charge < -0.3 is 9.47 Å². The summed E-state index contributed by atoms with van der Waals surface area (Å²) in [6, 6.07) is 19.3. The number of benzene rings is 2. The smallest absolute Gasteiger partial charge is 0.267 e. The lowest BCUT2D eigenvalue weighted by molar-refractivity contribution is 0.0922. The Morgan fingerprint density at radius 1 is 1.03 bits per heavy atom. The van der Waals surface area contributed by atoms with Crippen LogP contribution in [0, 0.1) is 13.8 Å². The first-order valence-corrected chi connectivity index (χ1v) is 11.9. The number of rotatable bonds is 7. The Balaban J connectivity index is 1.48. The van der Waals surface area contributed by atoms with Crippen LogP contribution < -0.4 is 15.0 Å². The van der Waals surface area contributed by atoms with Crippen LogP contribution in [0.4, 0.5) is 0 Å². The van der Waals surface area contributed by atoms with Crippen molar-refractivity contribution in [2.45, 2.75) is 13.8 Å². The number of halogens is 1. The lowest BCUT2D eigenvalue weighted by Crippen LogP contribution is -2.20. The first kappa shape index (κ1) is 24.3. The zero-order chi connectivity index (χ0) is 26.1. The summed E-state index contributed by atoms with van der Waals surface area (Å²) in [4.78, 5) is 30.8. The molecule has 0 bridgehead atoms. The third-order valence-electron chi connectivity index (χ3n) is 5.97. The Bertz CT molecular complexity index is 1690. The molecule has 37 heavy (non-hydrogen) atoms. The van der Waals surface area contributed by atoms with Gasteiger partial charge in [-0.2, -0.15) is 5.10 Å². The number of ketones is 1. The monoisotopic (exact) mass is 514 g/mol. The molecule has 9 heteroatoms. The van der Waals surface area contributed by atoms with Crippen molar-refractivity contribution in [3.8, 4) is 28.4 Å². The van der Waals surface area contributed by atoms with E-state index in [1.54, 1.807) is 73.4 Å². The number of nitrogens with zero attached hydrogens (tertiary/aromatic N) is 4. The lowest BCUT2D eigenvalue weighted by atomic mass is 10.1. The van der Waals surface area contributed by atoms with Gasteiger partial charge in [0.2, 0.25) is 0 Å². The van der Waals surface area contributed by atoms with Crippen molar-refractivity contribution in [2.24, 2.45) is 0 Å². The highest BCUT2D eigenvalue weighted by Gasteiger charge is 2.19. The van der Waals surface area contributed by atoms with Crippen LogP contribution in [0.15, 0.2) is 77.7 Å². The molecule has 5 aromatic rings. The van der Waals surface area contributed by atoms with Gasteiger partial charge in [0.25, 0.3) is 5.56 Å². The maximum absolute atomic E-state index is 13.6. The molecular formula is C28H23ClN4O4. The van der Waals surface area contributed by atoms with Crippen molar-refractivity contribution in [2.75, 3.05) is 13.7 Å². The van der Waals surface area contributed by atoms with E-state index in [0.29, 0.717) is 44.7 Å². The molecule has 2 aromatic carbocycles. The summed E-state index contributed by atoms with van der Waals surface area (Å²) in [7, 11) is 1.56. The predicted octanol–water partition coefficient (Wildman–Crippen LogP) is 5.09. The van der Waals surface area contributed by atoms with Gasteiger partial charge in [-0.15, -0.1) is 0 Å². The molecule has 3 aromatic heterocycles. The molecule has 0 saturated carbocycles. The molecule has 0 saturated heterocycles. The normalized spacial score (nSPS) is 11.0. The molecule has 0 unspecified atom stereocenters. The predicted molar refractivity (Wildman–Crippen MR) is 141 cm³/mol. The van der Waals surface area contributed by atoms with Crippen LogP contribution in [0.2, 0.25) is 5.02 Å². The number of aromatic nitrogens is 4. The van der Waals surface area contributed by atoms with Crippen LogP contribution in [0.1, 0.15) is 21.7 Å². The van der Waals surface area contributed by atoms with Gasteiger partial charge in [0, 0.05) is 22.5 Å². The van der Waals surface area contributed by atoms with Crippen molar-refractivity contribution in [3.05, 3.63) is 105 Å². The summed E-state index contributed by atoms with van der Waals surface area (Å²) >= 11 is 6.15. The highest BCUT2D eigenvalue weighted by molar-refractivity contribution is 6.30. The number of carbonyl (C=O) groups is 1. The van der Waals surface area contributed by atoms with E-state index >= 15 is 0 Å². The lowest BCUT2D eigenvalue weighted by Gasteiger charge is -2.11. The molecule has 186 valence electrons. The number of hydrogen-bond donors (Lipinski definition) is 0. The van der Waals surface area contributed by atoms with Crippen LogP contribution >= 0.6 is 11.6 Å². The zero-order valence-corrected chi connectivity index (χ0v) is 21.2. The third kappa shape index (κ3) is 4.71. The molecule has 0 aliphatic rings. The van der Waals surface area contributed by atoms with Gasteiger partial charge in [-0.3, -0.25) is 14.0 Å². The summed E-state index contributed by atoms with van der Waals surface area (Å²) in [5, 5.41) is 5.26. The Labute approximate surface area is 217 Å². The molecule has 0 aliphatic carbocycles. The molecule has 0 fully saturated rings. The second kappa shape index (κ2) is 9.91. The number of carbonyl (C=O) groups excluding carboxylic acids is 1. The molecule has 0 amide bonds. The number of ether oxygens (including phenoxy) is 2. The SMILES string of the molecule is COc1ccc(C(=O)COc2cccn3c(=O)c(-c4cc(C)n(-c5cccc(Cl)c5)n4)c(C)nc23)cc1. The topological polar surface area (TPSA) is 87.7 Å². The number of methoxy groups -OCH3 is 1. The zero-order valence-electron chi connectivity index (χ0n) is 20.4. The van der Waals surface area contributed by atoms with Crippen LogP contribution in [0.3, 0.4) is 0 Å². The number of fused-ring (bicyclic) bond motifs is 1. The summed E-state index contributed by atoms with van der Waals surface area (Å²) in [6.45, 7) is 3.46. The summed E-state index contributed by atoms with van der Waals surface area (Å²) < 4.78 is 14.1. The first-order valence-electron chi connectivity index (χ1n) is 11.5. The minimum Gasteiger partial charge on any atom is -0.497 e. The van der Waals surface area contributed by atoms with Gasteiger partial charge in [0.15, 0.2) is 23.8 Å². The molecule has 3 heterocycles. The van der Waals surface area contributed by atoms with Gasteiger partial charge >= 0.3 is 0 Å². The molecule has 0 radical (unpaired) electrons. The first-order chi connectivity index (χ1) is 17.9. The molecule has 0 N–H and O–H groups in total. The largest absolute Gasteiger partial charge is 0.497 e. The van der Waals surface area contributed by atoms with Gasteiger partial charge in [-0.25, -0.2) is 9.67 Å². The number of hydrogen-bond acceptors (Lipinski definition) is 6. The van der Waals surface area contributed by atoms with E-state index in [-0.39, 0.29) is 17.9 Å². The van der Waals surface area contributed by atoms with Crippen LogP contribution in [-0.4, -0.2) is 38.7 Å². The van der Waals surface area contributed by atoms with Gasteiger partial charge in [0.05, 0.1) is 24.1 Å². The van der Waals surface area contributed by atoms with Gasteiger partial charge in [-0.1, -0.05) is 17.7 Å². The van der Waals surface area contributed by atoms with Gasteiger partial charge in [0.1, 0.15) is 11.4 Å². The van der Waals surface area contributed by atoms with Gasteiger partial charge in [-0.05, 0) is 74.5 Å². The van der Waals surface area contributed by atoms with Crippen LogP contribution in [0.25, 0.3) is 22.6 Å². The maximum atomic E-state index is 13.6. The summed E-state index contributed by atoms with van der Waals surface area (Å²) in [6.07, 6.45) is 1.62. The van der Waals surface area contributed by atoms with E-state index in [9.17, 15) is 9.59 Å².